The van der Waals surface area contributed by atoms with Gasteiger partial charge in [0.05, 0.1) is 0 Å². The first kappa shape index (κ1) is 17.9. The molecule has 0 bridgehead atoms. The molecule has 136 valence electrons. The van der Waals surface area contributed by atoms with E-state index in [9.17, 15) is 13.6 Å². The molecular formula is C19H25F2N3O. The number of nitrogens with one attached hydrogen (secondary N) is 1. The van der Waals surface area contributed by atoms with Crippen LogP contribution in [0.15, 0.2) is 29.8 Å². The van der Waals surface area contributed by atoms with Crippen LogP contribution >= 0.6 is 0 Å². The number of rotatable bonds is 4. The van der Waals surface area contributed by atoms with Gasteiger partial charge in [-0.3, -0.25) is 4.90 Å². The molecule has 1 fully saturated rings. The zero-order valence-electron chi connectivity index (χ0n) is 14.4. The van der Waals surface area contributed by atoms with E-state index in [4.69, 9.17) is 0 Å². The number of carbonyl (C=O) groups excluding carboxylic acids is 1. The van der Waals surface area contributed by atoms with Gasteiger partial charge in [0, 0.05) is 32.7 Å². The van der Waals surface area contributed by atoms with E-state index in [-0.39, 0.29) is 5.69 Å². The van der Waals surface area contributed by atoms with Gasteiger partial charge in [0.2, 0.25) is 0 Å². The first-order chi connectivity index (χ1) is 12.1. The molecule has 4 nitrogen and oxygen atoms in total. The molecule has 3 rings (SSSR count). The molecule has 0 saturated carbocycles. The number of urea groups is 1. The summed E-state index contributed by atoms with van der Waals surface area (Å²) in [5.41, 5.74) is 1.18. The summed E-state index contributed by atoms with van der Waals surface area (Å²) in [6, 6.07) is 3.10. The minimum absolute atomic E-state index is 0.376. The summed E-state index contributed by atoms with van der Waals surface area (Å²) in [5.74, 6) is -1.51. The van der Waals surface area contributed by atoms with Crippen molar-refractivity contribution < 1.29 is 13.6 Å². The number of allylic oxidation sites excluding steroid dienone is 1. The van der Waals surface area contributed by atoms with Gasteiger partial charge in [-0.05, 0) is 44.2 Å². The third-order valence-corrected chi connectivity index (χ3v) is 4.99. The van der Waals surface area contributed by atoms with Crippen LogP contribution in [0.3, 0.4) is 0 Å². The molecule has 2 aliphatic rings. The molecule has 1 aromatic rings. The van der Waals surface area contributed by atoms with Crippen LogP contribution in [0.1, 0.15) is 32.1 Å². The monoisotopic (exact) mass is 349 g/mol. The number of anilines is 1. The fourth-order valence-corrected chi connectivity index (χ4v) is 3.41. The third-order valence-electron chi connectivity index (χ3n) is 4.99. The molecule has 0 spiro atoms. The summed E-state index contributed by atoms with van der Waals surface area (Å²) < 4.78 is 27.3. The van der Waals surface area contributed by atoms with Crippen molar-refractivity contribution in [2.45, 2.75) is 32.1 Å². The Morgan fingerprint density at radius 2 is 1.80 bits per heavy atom. The maximum atomic E-state index is 13.6. The van der Waals surface area contributed by atoms with Crippen LogP contribution < -0.4 is 5.32 Å². The molecular weight excluding hydrogens is 324 g/mol. The Hall–Kier alpha value is -1.95. The molecule has 1 saturated heterocycles. The molecule has 1 aromatic carbocycles. The molecule has 2 amide bonds. The topological polar surface area (TPSA) is 35.6 Å². The standard InChI is InChI=1S/C19H25F2N3O/c20-16-7-4-8-17(21)18(16)22-19(25)24-13-11-23(12-14-24)10-9-15-5-2-1-3-6-15/h4-5,7-8H,1-3,6,9-14H2,(H,22,25). The van der Waals surface area contributed by atoms with Crippen LogP contribution in [0.25, 0.3) is 0 Å². The highest BCUT2D eigenvalue weighted by Crippen LogP contribution is 2.21. The average molecular weight is 349 g/mol. The minimum Gasteiger partial charge on any atom is -0.322 e. The Balaban J connectivity index is 1.45. The summed E-state index contributed by atoms with van der Waals surface area (Å²) in [6.45, 7) is 3.74. The number of piperazine rings is 1. The van der Waals surface area contributed by atoms with Gasteiger partial charge in [0.1, 0.15) is 17.3 Å². The molecule has 0 unspecified atom stereocenters. The normalized spacial score (nSPS) is 18.8. The molecule has 1 N–H and O–H groups in total. The molecule has 1 aliphatic heterocycles. The van der Waals surface area contributed by atoms with Gasteiger partial charge in [-0.25, -0.2) is 13.6 Å². The lowest BCUT2D eigenvalue weighted by molar-refractivity contribution is 0.148. The number of para-hydroxylation sites is 1. The van der Waals surface area contributed by atoms with E-state index in [1.165, 1.54) is 31.7 Å². The van der Waals surface area contributed by atoms with Gasteiger partial charge in [-0.2, -0.15) is 0 Å². The number of nitrogens with zero attached hydrogens (tertiary/aromatic N) is 2. The number of hydrogen-bond donors (Lipinski definition) is 1. The fourth-order valence-electron chi connectivity index (χ4n) is 3.41. The van der Waals surface area contributed by atoms with E-state index in [0.29, 0.717) is 13.1 Å². The minimum atomic E-state index is -0.757. The smallest absolute Gasteiger partial charge is 0.322 e. The Bertz CT molecular complexity index is 619. The zero-order chi connectivity index (χ0) is 17.6. The zero-order valence-corrected chi connectivity index (χ0v) is 14.4. The van der Waals surface area contributed by atoms with E-state index in [2.05, 4.69) is 16.3 Å². The third kappa shape index (κ3) is 4.78. The lowest BCUT2D eigenvalue weighted by Gasteiger charge is -2.35. The fraction of sp³-hybridized carbons (Fsp3) is 0.526. The van der Waals surface area contributed by atoms with Crippen molar-refractivity contribution in [1.82, 2.24) is 9.80 Å². The summed E-state index contributed by atoms with van der Waals surface area (Å²) in [4.78, 5) is 16.2. The van der Waals surface area contributed by atoms with Crippen LogP contribution in [0.2, 0.25) is 0 Å². The molecule has 1 heterocycles. The molecule has 0 aromatic heterocycles. The Kier molecular flexibility index (Phi) is 6.02. The second-order valence-electron chi connectivity index (χ2n) is 6.71. The van der Waals surface area contributed by atoms with Crippen molar-refractivity contribution in [3.63, 3.8) is 0 Å². The molecule has 0 atom stereocenters. The summed E-state index contributed by atoms with van der Waals surface area (Å²) in [6.07, 6.45) is 8.50. The highest BCUT2D eigenvalue weighted by Gasteiger charge is 2.22. The number of carbonyl (C=O) groups is 1. The van der Waals surface area contributed by atoms with Crippen molar-refractivity contribution in [2.75, 3.05) is 38.0 Å². The highest BCUT2D eigenvalue weighted by molar-refractivity contribution is 5.89. The number of benzene rings is 1. The summed E-state index contributed by atoms with van der Waals surface area (Å²) >= 11 is 0. The Morgan fingerprint density at radius 3 is 2.44 bits per heavy atom. The van der Waals surface area contributed by atoms with Gasteiger partial charge in [0.25, 0.3) is 0 Å². The van der Waals surface area contributed by atoms with Crippen molar-refractivity contribution in [3.05, 3.63) is 41.5 Å². The van der Waals surface area contributed by atoms with Crippen LogP contribution in [-0.4, -0.2) is 48.6 Å². The second-order valence-corrected chi connectivity index (χ2v) is 6.71. The SMILES string of the molecule is O=C(Nc1c(F)cccc1F)N1CCN(CCC2=CCCCC2)CC1. The lowest BCUT2D eigenvalue weighted by Crippen LogP contribution is -2.50. The molecule has 1 aliphatic carbocycles. The van der Waals surface area contributed by atoms with Gasteiger partial charge >= 0.3 is 6.03 Å². The first-order valence-corrected chi connectivity index (χ1v) is 9.03. The van der Waals surface area contributed by atoms with E-state index >= 15 is 0 Å². The van der Waals surface area contributed by atoms with Crippen molar-refractivity contribution in [2.24, 2.45) is 0 Å². The van der Waals surface area contributed by atoms with Gasteiger partial charge in [0.15, 0.2) is 0 Å². The largest absolute Gasteiger partial charge is 0.322 e. The molecule has 25 heavy (non-hydrogen) atoms. The van der Waals surface area contributed by atoms with Gasteiger partial charge in [-0.15, -0.1) is 0 Å². The van der Waals surface area contributed by atoms with Gasteiger partial charge < -0.3 is 10.2 Å². The predicted molar refractivity (Wildman–Crippen MR) is 94.6 cm³/mol. The van der Waals surface area contributed by atoms with Gasteiger partial charge in [-0.1, -0.05) is 17.7 Å². The van der Waals surface area contributed by atoms with Crippen LogP contribution in [0.5, 0.6) is 0 Å². The van der Waals surface area contributed by atoms with Crippen molar-refractivity contribution in [3.8, 4) is 0 Å². The molecule has 6 heteroatoms. The lowest BCUT2D eigenvalue weighted by atomic mass is 9.97. The highest BCUT2D eigenvalue weighted by atomic mass is 19.1. The number of hydrogen-bond acceptors (Lipinski definition) is 2. The summed E-state index contributed by atoms with van der Waals surface area (Å²) in [7, 11) is 0. The predicted octanol–water partition coefficient (Wildman–Crippen LogP) is 4.00. The maximum absolute atomic E-state index is 13.6. The average Bonchev–Trinajstić information content (AvgIpc) is 2.64. The maximum Gasteiger partial charge on any atom is 0.322 e. The van der Waals surface area contributed by atoms with Crippen LogP contribution in [-0.2, 0) is 0 Å². The number of halogens is 2. The van der Waals surface area contributed by atoms with E-state index in [0.717, 1.165) is 38.2 Å². The molecule has 0 radical (unpaired) electrons. The van der Waals surface area contributed by atoms with E-state index in [1.807, 2.05) is 0 Å². The first-order valence-electron chi connectivity index (χ1n) is 9.03. The quantitative estimate of drug-likeness (QED) is 0.834. The van der Waals surface area contributed by atoms with Crippen molar-refractivity contribution >= 4 is 11.7 Å². The van der Waals surface area contributed by atoms with Crippen molar-refractivity contribution in [1.29, 1.82) is 0 Å². The number of amides is 2. The van der Waals surface area contributed by atoms with Crippen LogP contribution in [0.4, 0.5) is 19.3 Å². The van der Waals surface area contributed by atoms with Crippen LogP contribution in [0, 0.1) is 11.6 Å². The Morgan fingerprint density at radius 1 is 1.08 bits per heavy atom. The Labute approximate surface area is 147 Å². The second kappa shape index (κ2) is 8.43. The summed E-state index contributed by atoms with van der Waals surface area (Å²) in [5, 5.41) is 2.36. The van der Waals surface area contributed by atoms with E-state index < -0.39 is 17.7 Å². The van der Waals surface area contributed by atoms with E-state index in [1.54, 1.807) is 10.5 Å².